The lowest BCUT2D eigenvalue weighted by atomic mass is 10.1. The smallest absolute Gasteiger partial charge is 0.213 e. The van der Waals surface area contributed by atoms with Gasteiger partial charge in [-0.3, -0.25) is 4.79 Å². The van der Waals surface area contributed by atoms with E-state index in [0.717, 1.165) is 0 Å². The van der Waals surface area contributed by atoms with E-state index in [1.165, 1.54) is 25.4 Å². The molecule has 3 nitrogen and oxygen atoms in total. The van der Waals surface area contributed by atoms with Crippen molar-refractivity contribution in [1.82, 2.24) is 4.98 Å². The quantitative estimate of drug-likeness (QED) is 0.793. The Balaban J connectivity index is 2.44. The standard InChI is InChI=1S/C13H8Cl3NO2/c1-19-11-4-7(2-3-9(11)15)13(18)12-10(16)5-8(14)6-17-12/h2-6H,1H3. The maximum absolute atomic E-state index is 12.3. The maximum atomic E-state index is 12.3. The molecule has 0 aliphatic rings. The summed E-state index contributed by atoms with van der Waals surface area (Å²) in [5, 5.41) is 0.996. The lowest BCUT2D eigenvalue weighted by molar-refractivity contribution is 0.103. The number of aromatic nitrogens is 1. The molecule has 1 heterocycles. The first-order chi connectivity index (χ1) is 9.02. The molecule has 0 aliphatic heterocycles. The average molecular weight is 317 g/mol. The number of pyridine rings is 1. The van der Waals surface area contributed by atoms with E-state index in [9.17, 15) is 4.79 Å². The Labute approximate surface area is 125 Å². The minimum absolute atomic E-state index is 0.135. The van der Waals surface area contributed by atoms with Crippen molar-refractivity contribution in [2.75, 3.05) is 7.11 Å². The zero-order chi connectivity index (χ0) is 14.0. The van der Waals surface area contributed by atoms with Crippen molar-refractivity contribution in [3.05, 3.63) is 56.8 Å². The van der Waals surface area contributed by atoms with Crippen LogP contribution >= 0.6 is 34.8 Å². The Morgan fingerprint density at radius 1 is 1.16 bits per heavy atom. The van der Waals surface area contributed by atoms with Crippen LogP contribution in [0.2, 0.25) is 15.1 Å². The molecule has 2 rings (SSSR count). The van der Waals surface area contributed by atoms with E-state index in [1.807, 2.05) is 0 Å². The molecule has 0 N–H and O–H groups in total. The molecule has 1 aromatic heterocycles. The van der Waals surface area contributed by atoms with E-state index in [1.54, 1.807) is 12.1 Å². The van der Waals surface area contributed by atoms with E-state index in [4.69, 9.17) is 39.5 Å². The van der Waals surface area contributed by atoms with Gasteiger partial charge in [-0.25, -0.2) is 4.98 Å². The highest BCUT2D eigenvalue weighted by Gasteiger charge is 2.16. The second-order valence-corrected chi connectivity index (χ2v) is 4.91. The van der Waals surface area contributed by atoms with E-state index >= 15 is 0 Å². The van der Waals surface area contributed by atoms with Gasteiger partial charge in [-0.15, -0.1) is 0 Å². The van der Waals surface area contributed by atoms with Gasteiger partial charge < -0.3 is 4.74 Å². The number of carbonyl (C=O) groups excluding carboxylic acids is 1. The molecule has 0 aliphatic carbocycles. The van der Waals surface area contributed by atoms with Gasteiger partial charge in [0.15, 0.2) is 0 Å². The third-order valence-electron chi connectivity index (χ3n) is 2.44. The molecule has 0 amide bonds. The predicted octanol–water partition coefficient (Wildman–Crippen LogP) is 4.28. The number of rotatable bonds is 3. The first-order valence-electron chi connectivity index (χ1n) is 5.22. The summed E-state index contributed by atoms with van der Waals surface area (Å²) in [6.07, 6.45) is 1.37. The zero-order valence-corrected chi connectivity index (χ0v) is 12.1. The van der Waals surface area contributed by atoms with Crippen molar-refractivity contribution in [2.24, 2.45) is 0 Å². The Hall–Kier alpha value is -1.29. The van der Waals surface area contributed by atoms with Gasteiger partial charge in [-0.05, 0) is 24.3 Å². The van der Waals surface area contributed by atoms with Gasteiger partial charge in [0, 0.05) is 11.8 Å². The molecule has 0 saturated heterocycles. The predicted molar refractivity (Wildman–Crippen MR) is 75.7 cm³/mol. The van der Waals surface area contributed by atoms with Crippen LogP contribution < -0.4 is 4.74 Å². The molecule has 0 saturated carbocycles. The van der Waals surface area contributed by atoms with Gasteiger partial charge in [0.25, 0.3) is 0 Å². The van der Waals surface area contributed by atoms with E-state index in [0.29, 0.717) is 21.4 Å². The Kier molecular flexibility index (Phi) is 4.30. The van der Waals surface area contributed by atoms with Crippen LogP contribution in [-0.2, 0) is 0 Å². The van der Waals surface area contributed by atoms with Gasteiger partial charge in [0.2, 0.25) is 5.78 Å². The van der Waals surface area contributed by atoms with Crippen LogP contribution in [0, 0.1) is 0 Å². The molecule has 0 atom stereocenters. The normalized spacial score (nSPS) is 10.3. The van der Waals surface area contributed by atoms with Crippen molar-refractivity contribution in [3.8, 4) is 5.75 Å². The number of ketones is 1. The largest absolute Gasteiger partial charge is 0.495 e. The summed E-state index contributed by atoms with van der Waals surface area (Å²) in [6.45, 7) is 0. The molecule has 6 heteroatoms. The number of benzene rings is 1. The minimum atomic E-state index is -0.323. The number of halogens is 3. The van der Waals surface area contributed by atoms with Gasteiger partial charge >= 0.3 is 0 Å². The molecule has 98 valence electrons. The van der Waals surface area contributed by atoms with Crippen molar-refractivity contribution in [2.45, 2.75) is 0 Å². The zero-order valence-electron chi connectivity index (χ0n) is 9.78. The number of methoxy groups -OCH3 is 1. The van der Waals surface area contributed by atoms with Crippen molar-refractivity contribution < 1.29 is 9.53 Å². The summed E-state index contributed by atoms with van der Waals surface area (Å²) in [5.41, 5.74) is 0.522. The number of hydrogen-bond acceptors (Lipinski definition) is 3. The van der Waals surface area contributed by atoms with Crippen molar-refractivity contribution in [1.29, 1.82) is 0 Å². The molecule has 2 aromatic rings. The van der Waals surface area contributed by atoms with Crippen molar-refractivity contribution in [3.63, 3.8) is 0 Å². The third kappa shape index (κ3) is 3.00. The lowest BCUT2D eigenvalue weighted by Gasteiger charge is -2.06. The molecule has 0 unspecified atom stereocenters. The van der Waals surface area contributed by atoms with Crippen molar-refractivity contribution >= 4 is 40.6 Å². The van der Waals surface area contributed by atoms with Crippen LogP contribution in [0.3, 0.4) is 0 Å². The van der Waals surface area contributed by atoms with Crippen LogP contribution in [0.25, 0.3) is 0 Å². The molecular weight excluding hydrogens is 309 g/mol. The van der Waals surface area contributed by atoms with Gasteiger partial charge in [-0.2, -0.15) is 0 Å². The number of nitrogens with zero attached hydrogens (tertiary/aromatic N) is 1. The van der Waals surface area contributed by atoms with Crippen LogP contribution in [-0.4, -0.2) is 17.9 Å². The van der Waals surface area contributed by atoms with E-state index in [2.05, 4.69) is 4.98 Å². The van der Waals surface area contributed by atoms with Gasteiger partial charge in [0.1, 0.15) is 11.4 Å². The molecule has 0 radical (unpaired) electrons. The number of hydrogen-bond donors (Lipinski definition) is 0. The topological polar surface area (TPSA) is 39.2 Å². The van der Waals surface area contributed by atoms with Crippen LogP contribution in [0.15, 0.2) is 30.5 Å². The third-order valence-corrected chi connectivity index (χ3v) is 3.24. The summed E-state index contributed by atoms with van der Waals surface area (Å²) in [7, 11) is 1.48. The summed E-state index contributed by atoms with van der Waals surface area (Å²) < 4.78 is 5.06. The Morgan fingerprint density at radius 3 is 2.53 bits per heavy atom. The number of carbonyl (C=O) groups is 1. The first kappa shape index (κ1) is 14.1. The lowest BCUT2D eigenvalue weighted by Crippen LogP contribution is -2.05. The molecule has 0 bridgehead atoms. The molecule has 0 fully saturated rings. The first-order valence-corrected chi connectivity index (χ1v) is 6.35. The minimum Gasteiger partial charge on any atom is -0.495 e. The highest BCUT2D eigenvalue weighted by Crippen LogP contribution is 2.27. The Morgan fingerprint density at radius 2 is 1.89 bits per heavy atom. The SMILES string of the molecule is COc1cc(C(=O)c2ncc(Cl)cc2Cl)ccc1Cl. The van der Waals surface area contributed by atoms with Crippen LogP contribution in [0.5, 0.6) is 5.75 Å². The van der Waals surface area contributed by atoms with Gasteiger partial charge in [0.05, 0.1) is 22.2 Å². The summed E-state index contributed by atoms with van der Waals surface area (Å²) in [5.74, 6) is 0.0919. The molecule has 1 aromatic carbocycles. The summed E-state index contributed by atoms with van der Waals surface area (Å²) in [6, 6.07) is 6.17. The summed E-state index contributed by atoms with van der Waals surface area (Å²) in [4.78, 5) is 16.2. The Bertz CT molecular complexity index is 644. The molecule has 0 spiro atoms. The highest BCUT2D eigenvalue weighted by atomic mass is 35.5. The molecular formula is C13H8Cl3NO2. The van der Waals surface area contributed by atoms with E-state index < -0.39 is 0 Å². The maximum Gasteiger partial charge on any atom is 0.213 e. The van der Waals surface area contributed by atoms with Crippen LogP contribution in [0.1, 0.15) is 16.1 Å². The fourth-order valence-electron chi connectivity index (χ4n) is 1.52. The van der Waals surface area contributed by atoms with E-state index in [-0.39, 0.29) is 16.5 Å². The second-order valence-electron chi connectivity index (χ2n) is 3.66. The monoisotopic (exact) mass is 315 g/mol. The van der Waals surface area contributed by atoms with Gasteiger partial charge in [-0.1, -0.05) is 34.8 Å². The average Bonchev–Trinajstić information content (AvgIpc) is 2.38. The molecule has 19 heavy (non-hydrogen) atoms. The van der Waals surface area contributed by atoms with Crippen LogP contribution in [0.4, 0.5) is 0 Å². The second kappa shape index (κ2) is 5.78. The number of ether oxygens (including phenoxy) is 1. The fourth-order valence-corrected chi connectivity index (χ4v) is 2.18. The highest BCUT2D eigenvalue weighted by molar-refractivity contribution is 6.37. The fraction of sp³-hybridized carbons (Fsp3) is 0.0769. The summed E-state index contributed by atoms with van der Waals surface area (Å²) >= 11 is 17.6.